The van der Waals surface area contributed by atoms with E-state index in [-0.39, 0.29) is 5.04 Å². The molecule has 0 atom stereocenters. The summed E-state index contributed by atoms with van der Waals surface area (Å²) in [4.78, 5) is 12.2. The van der Waals surface area contributed by atoms with Crippen LogP contribution in [0.5, 0.6) is 0 Å². The Balaban J connectivity index is 1.92. The molecule has 1 N–H and O–H groups in total. The van der Waals surface area contributed by atoms with Gasteiger partial charge in [-0.15, -0.1) is 0 Å². The van der Waals surface area contributed by atoms with Gasteiger partial charge < -0.3 is 9.16 Å². The van der Waals surface area contributed by atoms with Gasteiger partial charge in [0, 0.05) is 5.69 Å². The number of nitrogens with one attached hydrogen (secondary N) is 1. The summed E-state index contributed by atoms with van der Waals surface area (Å²) in [6, 6.07) is 28.9. The Hall–Kier alpha value is -2.89. The Kier molecular flexibility index (Phi) is 7.45. The summed E-state index contributed by atoms with van der Waals surface area (Å²) in [5.41, 5.74) is 1.14. The van der Waals surface area contributed by atoms with Crippen molar-refractivity contribution in [1.29, 1.82) is 0 Å². The molecule has 1 amide bonds. The van der Waals surface area contributed by atoms with Crippen molar-refractivity contribution in [1.82, 2.24) is 0 Å². The maximum Gasteiger partial charge on any atom is 0.412 e. The third kappa shape index (κ3) is 6.12. The third-order valence-electron chi connectivity index (χ3n) is 5.44. The molecule has 3 rings (SSSR count). The number of amides is 1. The number of hydrogen-bond donors (Lipinski definition) is 1. The van der Waals surface area contributed by atoms with Crippen molar-refractivity contribution in [3.63, 3.8) is 0 Å². The minimum absolute atomic E-state index is 0.0952. The lowest BCUT2D eigenvalue weighted by Gasteiger charge is -2.43. The van der Waals surface area contributed by atoms with Crippen LogP contribution in [0.4, 0.5) is 10.5 Å². The number of carbonyl (C=O) groups is 1. The molecule has 5 heteroatoms. The second kappa shape index (κ2) is 9.94. The molecule has 33 heavy (non-hydrogen) atoms. The summed E-state index contributed by atoms with van der Waals surface area (Å²) in [5.74, 6) is 0. The normalized spacial score (nSPS) is 12.3. The fraction of sp³-hybridized carbons (Fsp3) is 0.321. The first kappa shape index (κ1) is 24.7. The number of anilines is 1. The highest BCUT2D eigenvalue weighted by Gasteiger charge is 2.50. The van der Waals surface area contributed by atoms with Gasteiger partial charge >= 0.3 is 6.09 Å². The minimum Gasteiger partial charge on any atom is -0.444 e. The molecule has 3 aromatic carbocycles. The van der Waals surface area contributed by atoms with Crippen molar-refractivity contribution in [3.8, 4) is 0 Å². The Labute approximate surface area is 199 Å². The van der Waals surface area contributed by atoms with E-state index in [9.17, 15) is 4.79 Å². The zero-order chi connectivity index (χ0) is 24.1. The first-order valence-corrected chi connectivity index (χ1v) is 13.3. The SMILES string of the molecule is CC(C)(C)OC(=O)Nc1cccc(CO[Si](c2ccccc2)(c2ccccc2)C(C)(C)C)c1. The van der Waals surface area contributed by atoms with Gasteiger partial charge in [-0.05, 0) is 53.9 Å². The molecule has 0 aliphatic rings. The lowest BCUT2D eigenvalue weighted by atomic mass is 10.2. The fourth-order valence-corrected chi connectivity index (χ4v) is 8.65. The first-order chi connectivity index (χ1) is 15.5. The zero-order valence-electron chi connectivity index (χ0n) is 20.5. The molecule has 0 bridgehead atoms. The van der Waals surface area contributed by atoms with Crippen molar-refractivity contribution in [2.45, 2.75) is 58.8 Å². The van der Waals surface area contributed by atoms with Gasteiger partial charge in [-0.1, -0.05) is 93.6 Å². The second-order valence-electron chi connectivity index (χ2n) is 10.3. The van der Waals surface area contributed by atoms with E-state index in [1.54, 1.807) is 0 Å². The molecular formula is C28H35NO3Si. The molecule has 4 nitrogen and oxygen atoms in total. The first-order valence-electron chi connectivity index (χ1n) is 11.4. The van der Waals surface area contributed by atoms with Crippen LogP contribution >= 0.6 is 0 Å². The lowest BCUT2D eigenvalue weighted by molar-refractivity contribution is 0.0636. The van der Waals surface area contributed by atoms with E-state index in [0.717, 1.165) is 5.56 Å². The number of hydrogen-bond acceptors (Lipinski definition) is 3. The average molecular weight is 462 g/mol. The van der Waals surface area contributed by atoms with E-state index >= 15 is 0 Å². The highest BCUT2D eigenvalue weighted by atomic mass is 28.4. The van der Waals surface area contributed by atoms with E-state index in [1.165, 1.54) is 10.4 Å². The molecule has 0 unspecified atom stereocenters. The largest absolute Gasteiger partial charge is 0.444 e. The van der Waals surface area contributed by atoms with Crippen LogP contribution < -0.4 is 15.7 Å². The number of rotatable bonds is 6. The second-order valence-corrected chi connectivity index (χ2v) is 14.6. The highest BCUT2D eigenvalue weighted by molar-refractivity contribution is 6.99. The minimum atomic E-state index is -2.63. The van der Waals surface area contributed by atoms with Gasteiger partial charge in [-0.2, -0.15) is 0 Å². The number of ether oxygens (including phenoxy) is 1. The van der Waals surface area contributed by atoms with Crippen molar-refractivity contribution in [3.05, 3.63) is 90.5 Å². The van der Waals surface area contributed by atoms with Gasteiger partial charge in [-0.25, -0.2) is 4.79 Å². The molecule has 0 fully saturated rings. The predicted octanol–water partition coefficient (Wildman–Crippen LogP) is 6.11. The van der Waals surface area contributed by atoms with E-state index in [1.807, 2.05) is 57.2 Å². The predicted molar refractivity (Wildman–Crippen MR) is 139 cm³/mol. The van der Waals surface area contributed by atoms with E-state index < -0.39 is 20.0 Å². The summed E-state index contributed by atoms with van der Waals surface area (Å²) in [5, 5.41) is 5.21. The standard InChI is InChI=1S/C28H35NO3Si/c1-27(2,3)32-26(30)29-23-15-13-14-22(20-23)21-31-33(28(4,5)6,24-16-9-7-10-17-24)25-18-11-8-12-19-25/h7-20H,21H2,1-6H3,(H,29,30). The van der Waals surface area contributed by atoms with Crippen LogP contribution in [0.1, 0.15) is 47.1 Å². The summed E-state index contributed by atoms with van der Waals surface area (Å²) in [6.07, 6.45) is -0.465. The third-order valence-corrected chi connectivity index (χ3v) is 10.4. The molecule has 0 spiro atoms. The number of benzene rings is 3. The van der Waals surface area contributed by atoms with Crippen molar-refractivity contribution >= 4 is 30.5 Å². The Morgan fingerprint density at radius 2 is 1.33 bits per heavy atom. The van der Waals surface area contributed by atoms with Crippen LogP contribution in [0.25, 0.3) is 0 Å². The molecule has 0 aliphatic heterocycles. The van der Waals surface area contributed by atoms with Gasteiger partial charge in [0.1, 0.15) is 5.60 Å². The van der Waals surface area contributed by atoms with Crippen LogP contribution in [0, 0.1) is 0 Å². The molecule has 3 aromatic rings. The molecule has 0 aliphatic carbocycles. The maximum atomic E-state index is 12.2. The van der Waals surface area contributed by atoms with Gasteiger partial charge in [-0.3, -0.25) is 5.32 Å². The number of carbonyl (C=O) groups excluding carboxylic acids is 1. The van der Waals surface area contributed by atoms with Gasteiger partial charge in [0.05, 0.1) is 6.61 Å². The molecule has 0 saturated carbocycles. The fourth-order valence-electron chi connectivity index (χ4n) is 4.11. The van der Waals surface area contributed by atoms with Crippen molar-refractivity contribution in [2.24, 2.45) is 0 Å². The Bertz CT molecular complexity index is 1010. The van der Waals surface area contributed by atoms with Gasteiger partial charge in [0.2, 0.25) is 0 Å². The van der Waals surface area contributed by atoms with E-state index in [0.29, 0.717) is 12.3 Å². The highest BCUT2D eigenvalue weighted by Crippen LogP contribution is 2.37. The monoisotopic (exact) mass is 461 g/mol. The maximum absolute atomic E-state index is 12.2. The van der Waals surface area contributed by atoms with Crippen LogP contribution in [-0.4, -0.2) is 20.0 Å². The van der Waals surface area contributed by atoms with Crippen LogP contribution in [0.2, 0.25) is 5.04 Å². The van der Waals surface area contributed by atoms with Crippen molar-refractivity contribution in [2.75, 3.05) is 5.32 Å². The van der Waals surface area contributed by atoms with Gasteiger partial charge in [0.15, 0.2) is 0 Å². The lowest BCUT2D eigenvalue weighted by Crippen LogP contribution is -2.66. The summed E-state index contributed by atoms with van der Waals surface area (Å²) >= 11 is 0. The molecule has 0 aromatic heterocycles. The molecule has 0 saturated heterocycles. The van der Waals surface area contributed by atoms with Crippen LogP contribution in [0.15, 0.2) is 84.9 Å². The summed E-state index contributed by atoms with van der Waals surface area (Å²) in [7, 11) is -2.63. The molecule has 0 radical (unpaired) electrons. The average Bonchev–Trinajstić information content (AvgIpc) is 2.74. The van der Waals surface area contributed by atoms with E-state index in [4.69, 9.17) is 9.16 Å². The molecule has 174 valence electrons. The topological polar surface area (TPSA) is 47.6 Å². The zero-order valence-corrected chi connectivity index (χ0v) is 21.5. The smallest absolute Gasteiger partial charge is 0.412 e. The molecular weight excluding hydrogens is 426 g/mol. The quantitative estimate of drug-likeness (QED) is 0.451. The van der Waals surface area contributed by atoms with Crippen LogP contribution in [0.3, 0.4) is 0 Å². The van der Waals surface area contributed by atoms with Crippen molar-refractivity contribution < 1.29 is 14.0 Å². The molecule has 0 heterocycles. The summed E-state index contributed by atoms with van der Waals surface area (Å²) in [6.45, 7) is 12.8. The van der Waals surface area contributed by atoms with E-state index in [2.05, 4.69) is 74.6 Å². The Morgan fingerprint density at radius 1 is 0.788 bits per heavy atom. The van der Waals surface area contributed by atoms with Crippen LogP contribution in [-0.2, 0) is 15.8 Å². The van der Waals surface area contributed by atoms with Gasteiger partial charge in [0.25, 0.3) is 8.32 Å². The summed E-state index contributed by atoms with van der Waals surface area (Å²) < 4.78 is 12.4. The Morgan fingerprint density at radius 3 is 1.82 bits per heavy atom.